The number of non-ortho nitro benzene ring substituents is 1. The standard InChI is InChI=1S/C21H18ClN3O4/c1-12-11-24(21(13(12)2)23-14(3)26)19-9-8-15(25(28)29)10-17(19)20(27)16-6-4-5-7-18(16)22/h4-11H,1-3H3,(H,23,26). The molecule has 0 atom stereocenters. The average Bonchev–Trinajstić information content (AvgIpc) is 2.95. The molecule has 29 heavy (non-hydrogen) atoms. The summed E-state index contributed by atoms with van der Waals surface area (Å²) in [5.74, 6) is -0.225. The third-order valence-corrected chi connectivity index (χ3v) is 4.95. The number of hydrogen-bond acceptors (Lipinski definition) is 4. The van der Waals surface area contributed by atoms with Crippen molar-refractivity contribution in [1.29, 1.82) is 0 Å². The number of aromatic nitrogens is 1. The number of halogens is 1. The van der Waals surface area contributed by atoms with E-state index in [1.807, 2.05) is 13.8 Å². The second-order valence-corrected chi connectivity index (χ2v) is 7.01. The molecule has 0 aliphatic heterocycles. The fourth-order valence-electron chi connectivity index (χ4n) is 3.05. The zero-order valence-electron chi connectivity index (χ0n) is 16.0. The summed E-state index contributed by atoms with van der Waals surface area (Å²) in [7, 11) is 0. The van der Waals surface area contributed by atoms with Crippen LogP contribution >= 0.6 is 11.6 Å². The Morgan fingerprint density at radius 1 is 1.10 bits per heavy atom. The summed E-state index contributed by atoms with van der Waals surface area (Å²) >= 11 is 6.18. The van der Waals surface area contributed by atoms with Gasteiger partial charge in [0.15, 0.2) is 5.78 Å². The lowest BCUT2D eigenvalue weighted by atomic mass is 10.0. The number of carbonyl (C=O) groups is 2. The van der Waals surface area contributed by atoms with E-state index in [0.717, 1.165) is 11.1 Å². The maximum Gasteiger partial charge on any atom is 0.270 e. The Labute approximate surface area is 172 Å². The number of nitrogens with zero attached hydrogens (tertiary/aromatic N) is 2. The van der Waals surface area contributed by atoms with Gasteiger partial charge in [0, 0.05) is 30.8 Å². The van der Waals surface area contributed by atoms with Gasteiger partial charge in [0.25, 0.3) is 5.69 Å². The van der Waals surface area contributed by atoms with Crippen LogP contribution in [0, 0.1) is 24.0 Å². The third-order valence-electron chi connectivity index (χ3n) is 4.62. The molecule has 1 aromatic heterocycles. The van der Waals surface area contributed by atoms with Crippen molar-refractivity contribution in [3.8, 4) is 5.69 Å². The molecule has 0 aliphatic rings. The van der Waals surface area contributed by atoms with Gasteiger partial charge in [-0.1, -0.05) is 23.7 Å². The van der Waals surface area contributed by atoms with E-state index in [9.17, 15) is 19.7 Å². The van der Waals surface area contributed by atoms with Gasteiger partial charge in [-0.15, -0.1) is 0 Å². The normalized spacial score (nSPS) is 10.6. The van der Waals surface area contributed by atoms with Crippen molar-refractivity contribution in [2.24, 2.45) is 0 Å². The highest BCUT2D eigenvalue weighted by Gasteiger charge is 2.23. The molecule has 3 aromatic rings. The molecule has 0 unspecified atom stereocenters. The van der Waals surface area contributed by atoms with Crippen LogP contribution in [0.15, 0.2) is 48.7 Å². The second-order valence-electron chi connectivity index (χ2n) is 6.60. The second kappa shape index (κ2) is 7.89. The quantitative estimate of drug-likeness (QED) is 0.369. The molecule has 0 fully saturated rings. The number of benzene rings is 2. The molecule has 0 bridgehead atoms. The first-order chi connectivity index (χ1) is 13.7. The van der Waals surface area contributed by atoms with Crippen molar-refractivity contribution in [3.63, 3.8) is 0 Å². The summed E-state index contributed by atoms with van der Waals surface area (Å²) in [5.41, 5.74) is 2.25. The Kier molecular flexibility index (Phi) is 5.52. The Morgan fingerprint density at radius 2 is 1.79 bits per heavy atom. The summed E-state index contributed by atoms with van der Waals surface area (Å²) in [6, 6.07) is 10.5. The predicted molar refractivity (Wildman–Crippen MR) is 111 cm³/mol. The molecule has 0 saturated heterocycles. The lowest BCUT2D eigenvalue weighted by Gasteiger charge is -2.15. The minimum Gasteiger partial charge on any atom is -0.312 e. The zero-order chi connectivity index (χ0) is 21.3. The van der Waals surface area contributed by atoms with E-state index in [-0.39, 0.29) is 27.7 Å². The van der Waals surface area contributed by atoms with Crippen molar-refractivity contribution < 1.29 is 14.5 Å². The summed E-state index contributed by atoms with van der Waals surface area (Å²) in [6.45, 7) is 5.11. The fraction of sp³-hybridized carbons (Fsp3) is 0.143. The first kappa shape index (κ1) is 20.3. The molecule has 2 aromatic carbocycles. The van der Waals surface area contributed by atoms with Crippen molar-refractivity contribution >= 4 is 34.8 Å². The van der Waals surface area contributed by atoms with E-state index in [4.69, 9.17) is 11.6 Å². The highest BCUT2D eigenvalue weighted by molar-refractivity contribution is 6.35. The van der Waals surface area contributed by atoms with Gasteiger partial charge in [0.2, 0.25) is 5.91 Å². The smallest absolute Gasteiger partial charge is 0.270 e. The third kappa shape index (κ3) is 3.90. The van der Waals surface area contributed by atoms with Crippen molar-refractivity contribution in [1.82, 2.24) is 4.57 Å². The lowest BCUT2D eigenvalue weighted by molar-refractivity contribution is -0.384. The van der Waals surface area contributed by atoms with Crippen LogP contribution < -0.4 is 5.32 Å². The molecule has 148 valence electrons. The van der Waals surface area contributed by atoms with Crippen molar-refractivity contribution in [3.05, 3.63) is 86.1 Å². The number of nitro benzene ring substituents is 1. The van der Waals surface area contributed by atoms with Crippen LogP contribution in [-0.2, 0) is 4.79 Å². The van der Waals surface area contributed by atoms with Crippen LogP contribution in [0.1, 0.15) is 34.0 Å². The fourth-order valence-corrected chi connectivity index (χ4v) is 3.27. The number of aryl methyl sites for hydroxylation is 1. The number of hydrogen-bond donors (Lipinski definition) is 1. The minimum atomic E-state index is -0.561. The van der Waals surface area contributed by atoms with Gasteiger partial charge in [-0.05, 0) is 43.2 Å². The average molecular weight is 412 g/mol. The van der Waals surface area contributed by atoms with Crippen LogP contribution in [0.25, 0.3) is 5.69 Å². The van der Waals surface area contributed by atoms with Gasteiger partial charge < -0.3 is 9.88 Å². The summed E-state index contributed by atoms with van der Waals surface area (Å²) in [5, 5.41) is 14.3. The molecule has 3 rings (SSSR count). The SMILES string of the molecule is CC(=O)Nc1c(C)c(C)cn1-c1ccc([N+](=O)[O-])cc1C(=O)c1ccccc1Cl. The Morgan fingerprint density at radius 3 is 2.41 bits per heavy atom. The van der Waals surface area contributed by atoms with E-state index < -0.39 is 10.7 Å². The topological polar surface area (TPSA) is 94.2 Å². The van der Waals surface area contributed by atoms with E-state index >= 15 is 0 Å². The zero-order valence-corrected chi connectivity index (χ0v) is 16.8. The van der Waals surface area contributed by atoms with Crippen LogP contribution in [0.5, 0.6) is 0 Å². The maximum atomic E-state index is 13.3. The van der Waals surface area contributed by atoms with Crippen molar-refractivity contribution in [2.75, 3.05) is 5.32 Å². The van der Waals surface area contributed by atoms with Gasteiger partial charge in [-0.3, -0.25) is 19.7 Å². The molecule has 1 amide bonds. The summed E-state index contributed by atoms with van der Waals surface area (Å²) in [4.78, 5) is 35.7. The van der Waals surface area contributed by atoms with E-state index in [1.165, 1.54) is 25.1 Å². The molecule has 0 aliphatic carbocycles. The molecule has 8 heteroatoms. The number of nitro groups is 1. The number of ketones is 1. The number of rotatable bonds is 5. The number of carbonyl (C=O) groups excluding carboxylic acids is 2. The maximum absolute atomic E-state index is 13.3. The van der Waals surface area contributed by atoms with Gasteiger partial charge in [-0.2, -0.15) is 0 Å². The molecule has 0 saturated carbocycles. The van der Waals surface area contributed by atoms with Gasteiger partial charge in [0.05, 0.1) is 21.2 Å². The van der Waals surface area contributed by atoms with E-state index in [1.54, 1.807) is 35.0 Å². The van der Waals surface area contributed by atoms with Gasteiger partial charge >= 0.3 is 0 Å². The largest absolute Gasteiger partial charge is 0.312 e. The molecular weight excluding hydrogens is 394 g/mol. The first-order valence-corrected chi connectivity index (χ1v) is 9.12. The Balaban J connectivity index is 2.28. The molecule has 0 radical (unpaired) electrons. The predicted octanol–water partition coefficient (Wildman–Crippen LogP) is 4.85. The highest BCUT2D eigenvalue weighted by Crippen LogP contribution is 2.31. The van der Waals surface area contributed by atoms with Gasteiger partial charge in [0.1, 0.15) is 5.82 Å². The highest BCUT2D eigenvalue weighted by atomic mass is 35.5. The lowest BCUT2D eigenvalue weighted by Crippen LogP contribution is -2.14. The number of anilines is 1. The molecule has 1 N–H and O–H groups in total. The van der Waals surface area contributed by atoms with Crippen LogP contribution in [0.3, 0.4) is 0 Å². The van der Waals surface area contributed by atoms with Crippen LogP contribution in [0.2, 0.25) is 5.02 Å². The monoisotopic (exact) mass is 411 g/mol. The Hall–Kier alpha value is -3.45. The first-order valence-electron chi connectivity index (χ1n) is 8.75. The Bertz CT molecular complexity index is 1150. The molecule has 7 nitrogen and oxygen atoms in total. The minimum absolute atomic E-state index is 0.105. The van der Waals surface area contributed by atoms with Crippen LogP contribution in [-0.4, -0.2) is 21.2 Å². The van der Waals surface area contributed by atoms with E-state index in [2.05, 4.69) is 5.32 Å². The number of amides is 1. The van der Waals surface area contributed by atoms with Crippen molar-refractivity contribution in [2.45, 2.75) is 20.8 Å². The molecular formula is C21H18ClN3O4. The molecule has 1 heterocycles. The van der Waals surface area contributed by atoms with E-state index in [0.29, 0.717) is 11.5 Å². The van der Waals surface area contributed by atoms with Crippen LogP contribution in [0.4, 0.5) is 11.5 Å². The van der Waals surface area contributed by atoms with Gasteiger partial charge in [-0.25, -0.2) is 0 Å². The summed E-state index contributed by atoms with van der Waals surface area (Å²) in [6.07, 6.45) is 1.77. The summed E-state index contributed by atoms with van der Waals surface area (Å²) < 4.78 is 1.65. The molecule has 0 spiro atoms. The number of nitrogens with one attached hydrogen (secondary N) is 1.